The first kappa shape index (κ1) is 19.8. The van der Waals surface area contributed by atoms with Crippen LogP contribution in [0.4, 0.5) is 14.9 Å². The second-order valence-corrected chi connectivity index (χ2v) is 5.80. The lowest BCUT2D eigenvalue weighted by Crippen LogP contribution is -2.14. The highest BCUT2D eigenvalue weighted by Gasteiger charge is 2.12. The van der Waals surface area contributed by atoms with Crippen LogP contribution in [0.5, 0.6) is 11.5 Å². The number of methoxy groups -OCH3 is 1. The van der Waals surface area contributed by atoms with Gasteiger partial charge < -0.3 is 14.2 Å². The molecule has 1 aromatic heterocycles. The Labute approximate surface area is 166 Å². The molecular formula is C21H17FN2O5. The van der Waals surface area contributed by atoms with Crippen LogP contribution < -0.4 is 10.1 Å². The molecule has 0 fully saturated rings. The van der Waals surface area contributed by atoms with Gasteiger partial charge in [-0.15, -0.1) is 0 Å². The summed E-state index contributed by atoms with van der Waals surface area (Å²) in [6, 6.07) is 15.9. The van der Waals surface area contributed by atoms with Crippen molar-refractivity contribution in [1.29, 1.82) is 0 Å². The first-order valence-corrected chi connectivity index (χ1v) is 8.54. The van der Waals surface area contributed by atoms with Gasteiger partial charge in [0.2, 0.25) is 0 Å². The van der Waals surface area contributed by atoms with Gasteiger partial charge in [-0.3, -0.25) is 5.32 Å². The molecule has 1 heterocycles. The zero-order chi connectivity index (χ0) is 20.6. The zero-order valence-corrected chi connectivity index (χ0v) is 15.4. The minimum atomic E-state index is -0.779. The summed E-state index contributed by atoms with van der Waals surface area (Å²) in [6.45, 7) is 0.0695. The molecule has 29 heavy (non-hydrogen) atoms. The second-order valence-electron chi connectivity index (χ2n) is 5.80. The molecule has 1 amide bonds. The van der Waals surface area contributed by atoms with Gasteiger partial charge in [0.1, 0.15) is 18.1 Å². The van der Waals surface area contributed by atoms with Crippen molar-refractivity contribution in [2.45, 2.75) is 6.61 Å². The molecule has 0 saturated heterocycles. The Kier molecular flexibility index (Phi) is 6.36. The van der Waals surface area contributed by atoms with Crippen molar-refractivity contribution in [1.82, 2.24) is 4.98 Å². The van der Waals surface area contributed by atoms with E-state index in [0.29, 0.717) is 0 Å². The molecule has 3 aromatic rings. The van der Waals surface area contributed by atoms with E-state index in [0.717, 1.165) is 11.6 Å². The van der Waals surface area contributed by atoms with Gasteiger partial charge in [0.25, 0.3) is 0 Å². The predicted octanol–water partition coefficient (Wildman–Crippen LogP) is 4.55. The summed E-state index contributed by atoms with van der Waals surface area (Å²) in [6.07, 6.45) is 0.592. The third kappa shape index (κ3) is 5.52. The number of aromatic nitrogens is 1. The highest BCUT2D eigenvalue weighted by molar-refractivity contribution is 5.87. The van der Waals surface area contributed by atoms with Gasteiger partial charge in [0.15, 0.2) is 11.5 Å². The number of anilines is 1. The van der Waals surface area contributed by atoms with Crippen LogP contribution in [0.1, 0.15) is 16.1 Å². The lowest BCUT2D eigenvalue weighted by atomic mass is 10.2. The highest BCUT2D eigenvalue weighted by atomic mass is 19.1. The lowest BCUT2D eigenvalue weighted by Gasteiger charge is -2.10. The van der Waals surface area contributed by atoms with E-state index in [4.69, 9.17) is 9.47 Å². The quantitative estimate of drug-likeness (QED) is 0.615. The number of nitrogens with one attached hydrogen (secondary N) is 1. The Balaban J connectivity index is 1.61. The number of carbonyl (C=O) groups excluding carboxylic acids is 2. The molecule has 0 atom stereocenters. The van der Waals surface area contributed by atoms with Gasteiger partial charge in [-0.25, -0.2) is 19.0 Å². The van der Waals surface area contributed by atoms with Crippen molar-refractivity contribution in [2.75, 3.05) is 12.4 Å². The summed E-state index contributed by atoms with van der Waals surface area (Å²) in [4.78, 5) is 27.2. The third-order valence-electron chi connectivity index (χ3n) is 3.75. The number of esters is 1. The molecule has 3 rings (SSSR count). The van der Waals surface area contributed by atoms with Crippen LogP contribution in [-0.4, -0.2) is 24.2 Å². The average Bonchev–Trinajstić information content (AvgIpc) is 2.74. The van der Waals surface area contributed by atoms with E-state index in [1.54, 1.807) is 0 Å². The smallest absolute Gasteiger partial charge is 0.412 e. The number of ether oxygens (including phenoxy) is 3. The van der Waals surface area contributed by atoms with Gasteiger partial charge in [0.05, 0.1) is 12.8 Å². The Morgan fingerprint density at radius 2 is 1.79 bits per heavy atom. The third-order valence-corrected chi connectivity index (χ3v) is 3.75. The number of benzene rings is 2. The number of hydrogen-bond donors (Lipinski definition) is 1. The van der Waals surface area contributed by atoms with Crippen LogP contribution in [0.15, 0.2) is 66.9 Å². The van der Waals surface area contributed by atoms with Crippen LogP contribution in [-0.2, 0) is 16.1 Å². The summed E-state index contributed by atoms with van der Waals surface area (Å²) < 4.78 is 29.5. The molecule has 0 spiro atoms. The molecule has 1 N–H and O–H groups in total. The molecule has 0 bridgehead atoms. The van der Waals surface area contributed by atoms with Crippen molar-refractivity contribution >= 4 is 17.7 Å². The van der Waals surface area contributed by atoms with Crippen LogP contribution in [0, 0.1) is 5.82 Å². The summed E-state index contributed by atoms with van der Waals surface area (Å²) in [5.74, 6) is -0.868. The molecule has 2 aromatic carbocycles. The summed E-state index contributed by atoms with van der Waals surface area (Å²) in [5, 5.41) is 2.34. The first-order chi connectivity index (χ1) is 14.0. The van der Waals surface area contributed by atoms with Crippen LogP contribution in [0.25, 0.3) is 0 Å². The van der Waals surface area contributed by atoms with E-state index in [1.165, 1.54) is 37.6 Å². The molecule has 0 radical (unpaired) electrons. The number of amides is 1. The highest BCUT2D eigenvalue weighted by Crippen LogP contribution is 2.26. The molecule has 0 saturated carbocycles. The fourth-order valence-corrected chi connectivity index (χ4v) is 2.36. The molecule has 0 aliphatic carbocycles. The Morgan fingerprint density at radius 1 is 1.03 bits per heavy atom. The van der Waals surface area contributed by atoms with Gasteiger partial charge in [-0.05, 0) is 23.8 Å². The monoisotopic (exact) mass is 396 g/mol. The van der Waals surface area contributed by atoms with Crippen molar-refractivity contribution in [3.63, 3.8) is 0 Å². The van der Waals surface area contributed by atoms with Crippen molar-refractivity contribution in [3.05, 3.63) is 83.9 Å². The summed E-state index contributed by atoms with van der Waals surface area (Å²) >= 11 is 0. The maximum absolute atomic E-state index is 14.3. The number of carbonyl (C=O) groups is 2. The van der Waals surface area contributed by atoms with E-state index in [9.17, 15) is 14.0 Å². The molecule has 0 aliphatic rings. The van der Waals surface area contributed by atoms with Gasteiger partial charge in [-0.2, -0.15) is 0 Å². The van der Waals surface area contributed by atoms with Crippen molar-refractivity contribution < 1.29 is 28.2 Å². The Morgan fingerprint density at radius 3 is 2.52 bits per heavy atom. The predicted molar refractivity (Wildman–Crippen MR) is 102 cm³/mol. The lowest BCUT2D eigenvalue weighted by molar-refractivity contribution is 0.0593. The van der Waals surface area contributed by atoms with E-state index in [2.05, 4.69) is 15.0 Å². The summed E-state index contributed by atoms with van der Waals surface area (Å²) in [5.41, 5.74) is 0.820. The largest absolute Gasteiger partial charge is 0.464 e. The van der Waals surface area contributed by atoms with Crippen LogP contribution in [0.2, 0.25) is 0 Å². The average molecular weight is 396 g/mol. The normalized spacial score (nSPS) is 10.1. The number of nitrogens with zero attached hydrogens (tertiary/aromatic N) is 1. The minimum Gasteiger partial charge on any atom is -0.464 e. The van der Waals surface area contributed by atoms with E-state index < -0.39 is 17.9 Å². The molecule has 8 heteroatoms. The Hall–Kier alpha value is -3.94. The van der Waals surface area contributed by atoms with Crippen molar-refractivity contribution in [2.24, 2.45) is 0 Å². The fraction of sp³-hybridized carbons (Fsp3) is 0.0952. The number of pyridine rings is 1. The number of rotatable bonds is 6. The number of halogens is 1. The van der Waals surface area contributed by atoms with E-state index >= 15 is 0 Å². The minimum absolute atomic E-state index is 0.0552. The molecule has 0 aliphatic heterocycles. The molecule has 148 valence electrons. The fourth-order valence-electron chi connectivity index (χ4n) is 2.36. The Bertz CT molecular complexity index is 1010. The van der Waals surface area contributed by atoms with Crippen LogP contribution in [0.3, 0.4) is 0 Å². The van der Waals surface area contributed by atoms with Gasteiger partial charge >= 0.3 is 12.1 Å². The molecule has 7 nitrogen and oxygen atoms in total. The number of hydrogen-bond acceptors (Lipinski definition) is 6. The zero-order valence-electron chi connectivity index (χ0n) is 15.4. The molecule has 0 unspecified atom stereocenters. The maximum atomic E-state index is 14.3. The van der Waals surface area contributed by atoms with Gasteiger partial charge in [-0.1, -0.05) is 30.3 Å². The maximum Gasteiger partial charge on any atom is 0.412 e. The standard InChI is InChI=1S/C21H17FN2O5/c1-27-20(25)19-12-16(9-10-23-19)29-15-7-8-18(17(22)11-15)24-21(26)28-13-14-5-3-2-4-6-14/h2-12H,13H2,1H3,(H,24,26). The van der Waals surface area contributed by atoms with Crippen molar-refractivity contribution in [3.8, 4) is 11.5 Å². The second kappa shape index (κ2) is 9.32. The van der Waals surface area contributed by atoms with E-state index in [-0.39, 0.29) is 29.5 Å². The topological polar surface area (TPSA) is 86.8 Å². The SMILES string of the molecule is COC(=O)c1cc(Oc2ccc(NC(=O)OCc3ccccc3)c(F)c2)ccn1. The summed E-state index contributed by atoms with van der Waals surface area (Å²) in [7, 11) is 1.24. The van der Waals surface area contributed by atoms with Gasteiger partial charge in [0, 0.05) is 18.3 Å². The van der Waals surface area contributed by atoms with Crippen LogP contribution >= 0.6 is 0 Å². The van der Waals surface area contributed by atoms with E-state index in [1.807, 2.05) is 30.3 Å². The first-order valence-electron chi connectivity index (χ1n) is 8.54. The molecular weight excluding hydrogens is 379 g/mol.